The summed E-state index contributed by atoms with van der Waals surface area (Å²) in [6.07, 6.45) is 0.542. The lowest BCUT2D eigenvalue weighted by atomic mass is 10.0. The van der Waals surface area contributed by atoms with Gasteiger partial charge < -0.3 is 10.6 Å². The summed E-state index contributed by atoms with van der Waals surface area (Å²) >= 11 is 1.30. The molecule has 2 N–H and O–H groups in total. The Kier molecular flexibility index (Phi) is 6.03. The van der Waals surface area contributed by atoms with Crippen LogP contribution in [0.15, 0.2) is 29.6 Å². The fraction of sp³-hybridized carbons (Fsp3) is 0.353. The number of carbonyl (C=O) groups excluding carboxylic acids is 2. The average molecular weight is 349 g/mol. The van der Waals surface area contributed by atoms with Crippen LogP contribution in [-0.2, 0) is 4.79 Å². The van der Waals surface area contributed by atoms with Gasteiger partial charge in [0, 0.05) is 18.0 Å². The van der Waals surface area contributed by atoms with Gasteiger partial charge in [-0.15, -0.1) is 11.3 Å². The monoisotopic (exact) mass is 349 g/mol. The van der Waals surface area contributed by atoms with Crippen LogP contribution in [0.2, 0.25) is 0 Å². The molecule has 1 aromatic heterocycles. The number of likely N-dealkylation sites (N-methyl/N-ethyl adjacent to an activating group) is 1. The molecule has 2 amide bonds. The summed E-state index contributed by atoms with van der Waals surface area (Å²) in [4.78, 5) is 28.5. The van der Waals surface area contributed by atoms with Crippen LogP contribution in [0.3, 0.4) is 0 Å². The zero-order valence-corrected chi connectivity index (χ0v) is 14.6. The molecule has 0 aliphatic rings. The second-order valence-corrected chi connectivity index (χ2v) is 6.67. The highest BCUT2D eigenvalue weighted by atomic mass is 32.1. The Morgan fingerprint density at radius 2 is 1.92 bits per heavy atom. The molecule has 1 heterocycles. The number of halogens is 1. The SMILES string of the molecule is CNC(=O)[C@H](CC(C)C)NC(=O)c1csc(-c2ccc(F)cc2)n1. The van der Waals surface area contributed by atoms with Gasteiger partial charge in [-0.1, -0.05) is 13.8 Å². The van der Waals surface area contributed by atoms with Crippen molar-refractivity contribution in [3.63, 3.8) is 0 Å². The van der Waals surface area contributed by atoms with Crippen LogP contribution in [-0.4, -0.2) is 29.9 Å². The second kappa shape index (κ2) is 8.01. The van der Waals surface area contributed by atoms with E-state index in [0.717, 1.165) is 5.56 Å². The van der Waals surface area contributed by atoms with Crippen molar-refractivity contribution in [3.05, 3.63) is 41.2 Å². The van der Waals surface area contributed by atoms with Gasteiger partial charge in [0.25, 0.3) is 5.91 Å². The molecule has 5 nitrogen and oxygen atoms in total. The summed E-state index contributed by atoms with van der Waals surface area (Å²) in [5.74, 6) is -0.687. The molecule has 7 heteroatoms. The zero-order chi connectivity index (χ0) is 17.7. The molecule has 1 atom stereocenters. The molecule has 0 radical (unpaired) electrons. The van der Waals surface area contributed by atoms with Gasteiger partial charge in [-0.3, -0.25) is 9.59 Å². The smallest absolute Gasteiger partial charge is 0.271 e. The Bertz CT molecular complexity index is 713. The first-order valence-corrected chi connectivity index (χ1v) is 8.52. The molecule has 0 saturated carbocycles. The predicted octanol–water partition coefficient (Wildman–Crippen LogP) is 2.84. The topological polar surface area (TPSA) is 71.1 Å². The molecule has 2 rings (SSSR count). The molecule has 0 unspecified atom stereocenters. The van der Waals surface area contributed by atoms with E-state index in [-0.39, 0.29) is 23.3 Å². The number of amides is 2. The molecule has 0 spiro atoms. The van der Waals surface area contributed by atoms with E-state index in [0.29, 0.717) is 11.4 Å². The largest absolute Gasteiger partial charge is 0.357 e. The Labute approximate surface area is 144 Å². The van der Waals surface area contributed by atoms with Crippen molar-refractivity contribution in [2.75, 3.05) is 7.05 Å². The number of nitrogens with zero attached hydrogens (tertiary/aromatic N) is 1. The highest BCUT2D eigenvalue weighted by molar-refractivity contribution is 7.13. The van der Waals surface area contributed by atoms with Crippen molar-refractivity contribution >= 4 is 23.2 Å². The lowest BCUT2D eigenvalue weighted by Gasteiger charge is -2.18. The maximum atomic E-state index is 13.0. The molecule has 0 fully saturated rings. The van der Waals surface area contributed by atoms with Gasteiger partial charge in [-0.05, 0) is 36.6 Å². The molecule has 1 aromatic carbocycles. The van der Waals surface area contributed by atoms with Crippen LogP contribution in [0, 0.1) is 11.7 Å². The first-order chi connectivity index (χ1) is 11.4. The van der Waals surface area contributed by atoms with E-state index in [2.05, 4.69) is 15.6 Å². The Hall–Kier alpha value is -2.28. The van der Waals surface area contributed by atoms with Gasteiger partial charge in [0.2, 0.25) is 5.91 Å². The van der Waals surface area contributed by atoms with E-state index in [9.17, 15) is 14.0 Å². The van der Waals surface area contributed by atoms with E-state index in [4.69, 9.17) is 0 Å². The Morgan fingerprint density at radius 1 is 1.25 bits per heavy atom. The fourth-order valence-corrected chi connectivity index (χ4v) is 3.02. The lowest BCUT2D eigenvalue weighted by molar-refractivity contribution is -0.122. The second-order valence-electron chi connectivity index (χ2n) is 5.81. The third kappa shape index (κ3) is 4.61. The molecular weight excluding hydrogens is 329 g/mol. The predicted molar refractivity (Wildman–Crippen MR) is 92.3 cm³/mol. The quantitative estimate of drug-likeness (QED) is 0.842. The molecule has 0 bridgehead atoms. The summed E-state index contributed by atoms with van der Waals surface area (Å²) in [6, 6.07) is 5.32. The van der Waals surface area contributed by atoms with Crippen LogP contribution in [0.1, 0.15) is 30.8 Å². The molecular formula is C17H20FN3O2S. The summed E-state index contributed by atoms with van der Waals surface area (Å²) in [5.41, 5.74) is 0.988. The molecule has 0 saturated heterocycles. The molecule has 0 aliphatic carbocycles. The molecule has 128 valence electrons. The van der Waals surface area contributed by atoms with Gasteiger partial charge in [-0.25, -0.2) is 9.37 Å². The number of hydrogen-bond donors (Lipinski definition) is 2. The van der Waals surface area contributed by atoms with Crippen molar-refractivity contribution in [1.29, 1.82) is 0 Å². The number of rotatable bonds is 6. The van der Waals surface area contributed by atoms with Crippen LogP contribution in [0.5, 0.6) is 0 Å². The first kappa shape index (κ1) is 18.1. The fourth-order valence-electron chi connectivity index (χ4n) is 2.21. The van der Waals surface area contributed by atoms with Crippen LogP contribution >= 0.6 is 11.3 Å². The molecule has 2 aromatic rings. The Balaban J connectivity index is 2.12. The minimum atomic E-state index is -0.599. The highest BCUT2D eigenvalue weighted by Gasteiger charge is 2.22. The van der Waals surface area contributed by atoms with Crippen molar-refractivity contribution in [1.82, 2.24) is 15.6 Å². The number of aromatic nitrogens is 1. The molecule has 24 heavy (non-hydrogen) atoms. The van der Waals surface area contributed by atoms with Gasteiger partial charge >= 0.3 is 0 Å². The molecule has 0 aliphatic heterocycles. The number of carbonyl (C=O) groups is 2. The minimum Gasteiger partial charge on any atom is -0.357 e. The minimum absolute atomic E-state index is 0.231. The summed E-state index contributed by atoms with van der Waals surface area (Å²) in [7, 11) is 1.54. The van der Waals surface area contributed by atoms with Crippen LogP contribution in [0.4, 0.5) is 4.39 Å². The van der Waals surface area contributed by atoms with E-state index in [1.807, 2.05) is 13.8 Å². The van der Waals surface area contributed by atoms with Crippen molar-refractivity contribution < 1.29 is 14.0 Å². The van der Waals surface area contributed by atoms with Gasteiger partial charge in [0.05, 0.1) is 0 Å². The number of thiazole rings is 1. The van der Waals surface area contributed by atoms with Crippen LogP contribution in [0.25, 0.3) is 10.6 Å². The van der Waals surface area contributed by atoms with Gasteiger partial charge in [0.1, 0.15) is 22.6 Å². The lowest BCUT2D eigenvalue weighted by Crippen LogP contribution is -2.46. The van der Waals surface area contributed by atoms with Crippen LogP contribution < -0.4 is 10.6 Å². The standard InChI is InChI=1S/C17H20FN3O2S/c1-10(2)8-13(15(22)19-3)20-16(23)14-9-24-17(21-14)11-4-6-12(18)7-5-11/h4-7,9-10,13H,8H2,1-3H3,(H,19,22)(H,20,23)/t13-/m0/s1. The number of hydrogen-bond acceptors (Lipinski definition) is 4. The summed E-state index contributed by atoms with van der Waals surface area (Å²) in [6.45, 7) is 3.97. The normalized spacial score (nSPS) is 12.0. The summed E-state index contributed by atoms with van der Waals surface area (Å²) < 4.78 is 13.0. The maximum Gasteiger partial charge on any atom is 0.271 e. The van der Waals surface area contributed by atoms with E-state index in [1.54, 1.807) is 17.5 Å². The van der Waals surface area contributed by atoms with E-state index >= 15 is 0 Å². The van der Waals surface area contributed by atoms with Gasteiger partial charge in [-0.2, -0.15) is 0 Å². The summed E-state index contributed by atoms with van der Waals surface area (Å²) in [5, 5.41) is 7.53. The van der Waals surface area contributed by atoms with Gasteiger partial charge in [0.15, 0.2) is 0 Å². The first-order valence-electron chi connectivity index (χ1n) is 7.64. The highest BCUT2D eigenvalue weighted by Crippen LogP contribution is 2.24. The van der Waals surface area contributed by atoms with Crippen molar-refractivity contribution in [2.24, 2.45) is 5.92 Å². The van der Waals surface area contributed by atoms with E-state index in [1.165, 1.54) is 30.5 Å². The van der Waals surface area contributed by atoms with E-state index < -0.39 is 11.9 Å². The third-order valence-corrected chi connectivity index (χ3v) is 4.29. The number of benzene rings is 1. The zero-order valence-electron chi connectivity index (χ0n) is 13.8. The number of nitrogens with one attached hydrogen (secondary N) is 2. The average Bonchev–Trinajstić information content (AvgIpc) is 3.03. The maximum absolute atomic E-state index is 13.0. The van der Waals surface area contributed by atoms with Crippen molar-refractivity contribution in [3.8, 4) is 10.6 Å². The Morgan fingerprint density at radius 3 is 2.50 bits per heavy atom. The van der Waals surface area contributed by atoms with Crippen molar-refractivity contribution in [2.45, 2.75) is 26.3 Å². The third-order valence-electron chi connectivity index (χ3n) is 3.40.